The molecule has 0 bridgehead atoms. The Balaban J connectivity index is 1.02. The van der Waals surface area contributed by atoms with Gasteiger partial charge in [0, 0.05) is 17.4 Å². The van der Waals surface area contributed by atoms with Gasteiger partial charge in [-0.3, -0.25) is 4.79 Å². The molecule has 40 heavy (non-hydrogen) atoms. The second-order valence-corrected chi connectivity index (χ2v) is 10.5. The molecule has 2 heterocycles. The van der Waals surface area contributed by atoms with Crippen molar-refractivity contribution < 1.29 is 28.9 Å². The zero-order valence-corrected chi connectivity index (χ0v) is 22.2. The maximum absolute atomic E-state index is 12.4. The Morgan fingerprint density at radius 2 is 1.73 bits per heavy atom. The van der Waals surface area contributed by atoms with Gasteiger partial charge in [-0.15, -0.1) is 0 Å². The number of amides is 1. The summed E-state index contributed by atoms with van der Waals surface area (Å²) in [5.74, 6) is 5.31. The Kier molecular flexibility index (Phi) is 7.29. The number of carbonyl (C=O) groups is 2. The Labute approximate surface area is 233 Å². The topological polar surface area (TPSA) is 94.1 Å². The first-order chi connectivity index (χ1) is 19.5. The van der Waals surface area contributed by atoms with Crippen LogP contribution < -0.4 is 5.32 Å². The van der Waals surface area contributed by atoms with E-state index in [1.165, 1.54) is 22.3 Å². The third kappa shape index (κ3) is 4.97. The van der Waals surface area contributed by atoms with Crippen LogP contribution in [0.3, 0.4) is 0 Å². The summed E-state index contributed by atoms with van der Waals surface area (Å²) in [4.78, 5) is 24.8. The van der Waals surface area contributed by atoms with Gasteiger partial charge in [0.15, 0.2) is 0 Å². The van der Waals surface area contributed by atoms with E-state index in [1.807, 2.05) is 55.5 Å². The van der Waals surface area contributed by atoms with Crippen LogP contribution in [0, 0.1) is 23.7 Å². The number of nitrogens with one attached hydrogen (secondary N) is 1. The number of esters is 1. The molecule has 3 aromatic carbocycles. The molecule has 0 radical (unpaired) electrons. The van der Waals surface area contributed by atoms with Crippen molar-refractivity contribution in [1.29, 1.82) is 0 Å². The molecule has 7 heteroatoms. The molecule has 0 aromatic heterocycles. The number of carbonyl (C=O) groups excluding carboxylic acids is 2. The zero-order valence-electron chi connectivity index (χ0n) is 22.2. The van der Waals surface area contributed by atoms with E-state index in [-0.39, 0.29) is 55.7 Å². The molecule has 3 aliphatic rings. The summed E-state index contributed by atoms with van der Waals surface area (Å²) >= 11 is 0. The summed E-state index contributed by atoms with van der Waals surface area (Å²) in [6.45, 7) is 2.12. The van der Waals surface area contributed by atoms with Gasteiger partial charge in [0.2, 0.25) is 0 Å². The quantitative estimate of drug-likeness (QED) is 0.364. The highest BCUT2D eigenvalue weighted by Crippen LogP contribution is 2.45. The van der Waals surface area contributed by atoms with Crippen LogP contribution in [0.5, 0.6) is 0 Å². The van der Waals surface area contributed by atoms with Gasteiger partial charge in [-0.1, -0.05) is 72.5 Å². The largest absolute Gasteiger partial charge is 0.462 e. The standard InChI is InChI=1S/C33H31NO6/c1-20-30-29(18-35)40-28(31(30)32(36)39-20)17-22-9-6-8-21(16-22)10-7-15-34-33(37)38-19-27-25-13-4-2-11-23(25)24-12-3-5-14-26(24)27/h2-6,8-9,11-14,16,20,27-31,35H,15,17-19H2,1H3,(H,34,37)/t20-,28?,29-,30+,31-/m1/s1. The molecular formula is C33H31NO6. The summed E-state index contributed by atoms with van der Waals surface area (Å²) in [5, 5.41) is 12.4. The third-order valence-electron chi connectivity index (χ3n) is 8.15. The number of fused-ring (bicyclic) bond motifs is 4. The molecule has 1 unspecified atom stereocenters. The van der Waals surface area contributed by atoms with Crippen LogP contribution >= 0.6 is 0 Å². The highest BCUT2D eigenvalue weighted by molar-refractivity contribution is 5.79. The van der Waals surface area contributed by atoms with Gasteiger partial charge < -0.3 is 24.6 Å². The van der Waals surface area contributed by atoms with E-state index in [4.69, 9.17) is 14.2 Å². The normalized spacial score (nSPS) is 24.4. The summed E-state index contributed by atoms with van der Waals surface area (Å²) in [6.07, 6.45) is -0.997. The lowest BCUT2D eigenvalue weighted by atomic mass is 9.84. The third-order valence-corrected chi connectivity index (χ3v) is 8.15. The van der Waals surface area contributed by atoms with Crippen molar-refractivity contribution >= 4 is 12.1 Å². The van der Waals surface area contributed by atoms with Gasteiger partial charge in [0.25, 0.3) is 0 Å². The zero-order chi connectivity index (χ0) is 27.6. The molecule has 2 aliphatic heterocycles. The maximum atomic E-state index is 12.4. The minimum atomic E-state index is -0.506. The molecular weight excluding hydrogens is 506 g/mol. The number of rotatable bonds is 6. The monoisotopic (exact) mass is 537 g/mol. The van der Waals surface area contributed by atoms with E-state index in [9.17, 15) is 14.7 Å². The molecule has 5 atom stereocenters. The van der Waals surface area contributed by atoms with Gasteiger partial charge in [-0.05, 0) is 53.3 Å². The lowest BCUT2D eigenvalue weighted by Gasteiger charge is -2.18. The number of hydrogen-bond acceptors (Lipinski definition) is 6. The van der Waals surface area contributed by atoms with Crippen LogP contribution in [0.1, 0.15) is 35.1 Å². The second kappa shape index (κ2) is 11.2. The molecule has 6 rings (SSSR count). The van der Waals surface area contributed by atoms with Gasteiger partial charge in [0.05, 0.1) is 31.3 Å². The fraction of sp³-hybridized carbons (Fsp3) is 0.333. The van der Waals surface area contributed by atoms with E-state index in [2.05, 4.69) is 41.4 Å². The maximum Gasteiger partial charge on any atom is 0.407 e. The molecule has 2 fully saturated rings. The molecule has 2 N–H and O–H groups in total. The Hall–Kier alpha value is -4.12. The van der Waals surface area contributed by atoms with E-state index in [0.717, 1.165) is 11.1 Å². The molecule has 0 saturated carbocycles. The summed E-state index contributed by atoms with van der Waals surface area (Å²) in [5.41, 5.74) is 6.48. The molecule has 1 aliphatic carbocycles. The molecule has 3 aromatic rings. The minimum absolute atomic E-state index is 0.00746. The average Bonchev–Trinajstić information content (AvgIpc) is 3.60. The molecule has 1 amide bonds. The number of alkyl carbamates (subject to hydrolysis) is 1. The SMILES string of the molecule is C[C@H]1OC(=O)[C@@H]2C(Cc3cccc(C#CCNC(=O)OCC4c5ccccc5-c5ccccc54)c3)O[C@H](CO)[C@@H]21. The number of ether oxygens (including phenoxy) is 3. The van der Waals surface area contributed by atoms with Gasteiger partial charge in [-0.25, -0.2) is 4.79 Å². The summed E-state index contributed by atoms with van der Waals surface area (Å²) in [6, 6.07) is 24.2. The Morgan fingerprint density at radius 1 is 1.00 bits per heavy atom. The van der Waals surface area contributed by atoms with Crippen molar-refractivity contribution in [2.45, 2.75) is 37.6 Å². The number of aliphatic hydroxyl groups is 1. The van der Waals surface area contributed by atoms with Crippen LogP contribution in [0.15, 0.2) is 72.8 Å². The number of cyclic esters (lactones) is 1. The first-order valence-electron chi connectivity index (χ1n) is 13.7. The van der Waals surface area contributed by atoms with Crippen molar-refractivity contribution in [3.63, 3.8) is 0 Å². The number of aliphatic hydroxyl groups excluding tert-OH is 1. The Morgan fingerprint density at radius 3 is 2.45 bits per heavy atom. The van der Waals surface area contributed by atoms with Crippen LogP contribution in [0.2, 0.25) is 0 Å². The van der Waals surface area contributed by atoms with Crippen molar-refractivity contribution in [3.8, 4) is 23.0 Å². The van der Waals surface area contributed by atoms with E-state index in [0.29, 0.717) is 6.42 Å². The Bertz CT molecular complexity index is 1440. The lowest BCUT2D eigenvalue weighted by Crippen LogP contribution is -2.28. The molecule has 204 valence electrons. The first kappa shape index (κ1) is 26.1. The van der Waals surface area contributed by atoms with Gasteiger partial charge in [0.1, 0.15) is 12.7 Å². The predicted octanol–water partition coefficient (Wildman–Crippen LogP) is 4.06. The number of hydrogen-bond donors (Lipinski definition) is 2. The molecule has 7 nitrogen and oxygen atoms in total. The van der Waals surface area contributed by atoms with Crippen LogP contribution in [0.4, 0.5) is 4.79 Å². The van der Waals surface area contributed by atoms with E-state index < -0.39 is 12.2 Å². The average molecular weight is 538 g/mol. The predicted molar refractivity (Wildman–Crippen MR) is 148 cm³/mol. The smallest absolute Gasteiger partial charge is 0.407 e. The second-order valence-electron chi connectivity index (χ2n) is 10.5. The highest BCUT2D eigenvalue weighted by Gasteiger charge is 2.56. The van der Waals surface area contributed by atoms with Gasteiger partial charge >= 0.3 is 12.1 Å². The van der Waals surface area contributed by atoms with Crippen LogP contribution in [0.25, 0.3) is 11.1 Å². The van der Waals surface area contributed by atoms with Crippen molar-refractivity contribution in [1.82, 2.24) is 5.32 Å². The summed E-state index contributed by atoms with van der Waals surface area (Å²) < 4.78 is 17.0. The van der Waals surface area contributed by atoms with Crippen LogP contribution in [-0.2, 0) is 25.4 Å². The van der Waals surface area contributed by atoms with Crippen molar-refractivity contribution in [2.24, 2.45) is 11.8 Å². The van der Waals surface area contributed by atoms with Crippen molar-refractivity contribution in [3.05, 3.63) is 95.1 Å². The molecule has 2 saturated heterocycles. The van der Waals surface area contributed by atoms with Crippen molar-refractivity contribution in [2.75, 3.05) is 19.8 Å². The first-order valence-corrected chi connectivity index (χ1v) is 13.7. The summed E-state index contributed by atoms with van der Waals surface area (Å²) in [7, 11) is 0. The lowest BCUT2D eigenvalue weighted by molar-refractivity contribution is -0.148. The fourth-order valence-corrected chi connectivity index (χ4v) is 6.38. The molecule has 0 spiro atoms. The van der Waals surface area contributed by atoms with E-state index >= 15 is 0 Å². The minimum Gasteiger partial charge on any atom is -0.462 e. The highest BCUT2D eigenvalue weighted by atomic mass is 16.6. The van der Waals surface area contributed by atoms with Gasteiger partial charge in [-0.2, -0.15) is 0 Å². The van der Waals surface area contributed by atoms with E-state index in [1.54, 1.807) is 0 Å². The fourth-order valence-electron chi connectivity index (χ4n) is 6.38. The number of benzene rings is 3. The van der Waals surface area contributed by atoms with Crippen LogP contribution in [-0.4, -0.2) is 55.2 Å².